The smallest absolute Gasteiger partial charge is 0.269 e. The van der Waals surface area contributed by atoms with Gasteiger partial charge in [0, 0.05) is 12.1 Å². The Bertz CT molecular complexity index is 714. The molecule has 6 nitrogen and oxygen atoms in total. The summed E-state index contributed by atoms with van der Waals surface area (Å²) in [5.74, 6) is 0.563. The van der Waals surface area contributed by atoms with Crippen LogP contribution >= 0.6 is 15.9 Å². The van der Waals surface area contributed by atoms with Crippen LogP contribution in [-0.4, -0.2) is 11.5 Å². The Morgan fingerprint density at radius 3 is 2.59 bits per heavy atom. The van der Waals surface area contributed by atoms with Crippen molar-refractivity contribution in [2.24, 2.45) is 10.2 Å². The van der Waals surface area contributed by atoms with Crippen molar-refractivity contribution >= 4 is 33.0 Å². The minimum atomic E-state index is -0.462. The zero-order chi connectivity index (χ0) is 15.9. The molecular formula is C15H12BrN3O3. The number of nitro groups is 1. The standard InChI is InChI=1S/C15H12BrN3O3/c1-2-10-22-15-13(16)4-3-5-14(15)18-17-11-6-8-12(9-7-11)19(20)21/h2-9H,1,10H2. The molecule has 0 bridgehead atoms. The number of nitrogens with zero attached hydrogens (tertiary/aromatic N) is 3. The molecule has 0 saturated carbocycles. The third kappa shape index (κ3) is 3.98. The van der Waals surface area contributed by atoms with Gasteiger partial charge in [0.1, 0.15) is 12.3 Å². The molecule has 7 heteroatoms. The third-order valence-electron chi connectivity index (χ3n) is 2.63. The lowest BCUT2D eigenvalue weighted by Crippen LogP contribution is -1.93. The van der Waals surface area contributed by atoms with Gasteiger partial charge in [-0.05, 0) is 40.2 Å². The Balaban J connectivity index is 2.24. The number of rotatable bonds is 6. The van der Waals surface area contributed by atoms with E-state index >= 15 is 0 Å². The number of hydrogen-bond donors (Lipinski definition) is 0. The van der Waals surface area contributed by atoms with Crippen LogP contribution in [0.4, 0.5) is 17.1 Å². The van der Waals surface area contributed by atoms with Crippen LogP contribution < -0.4 is 4.74 Å². The lowest BCUT2D eigenvalue weighted by atomic mass is 10.3. The molecule has 2 aromatic rings. The summed E-state index contributed by atoms with van der Waals surface area (Å²) < 4.78 is 6.31. The van der Waals surface area contributed by atoms with Crippen molar-refractivity contribution in [3.05, 3.63) is 69.7 Å². The van der Waals surface area contributed by atoms with Crippen molar-refractivity contribution in [3.63, 3.8) is 0 Å². The highest BCUT2D eigenvalue weighted by atomic mass is 79.9. The van der Waals surface area contributed by atoms with E-state index in [0.29, 0.717) is 23.7 Å². The van der Waals surface area contributed by atoms with E-state index in [9.17, 15) is 10.1 Å². The number of ether oxygens (including phenoxy) is 1. The Labute approximate surface area is 135 Å². The van der Waals surface area contributed by atoms with Gasteiger partial charge in [-0.1, -0.05) is 18.7 Å². The molecule has 2 rings (SSSR count). The SMILES string of the molecule is C=CCOc1c(Br)cccc1N=Nc1ccc([N+](=O)[O-])cc1. The normalized spacial score (nSPS) is 10.6. The van der Waals surface area contributed by atoms with Crippen molar-refractivity contribution in [2.45, 2.75) is 0 Å². The average molecular weight is 362 g/mol. The number of hydrogen-bond acceptors (Lipinski definition) is 5. The molecule has 0 aliphatic rings. The summed E-state index contributed by atoms with van der Waals surface area (Å²) >= 11 is 3.39. The number of non-ortho nitro benzene ring substituents is 1. The van der Waals surface area contributed by atoms with Gasteiger partial charge in [0.2, 0.25) is 0 Å². The van der Waals surface area contributed by atoms with E-state index in [1.54, 1.807) is 12.1 Å². The number of azo groups is 1. The first kappa shape index (κ1) is 15.8. The van der Waals surface area contributed by atoms with E-state index in [1.807, 2.05) is 12.1 Å². The lowest BCUT2D eigenvalue weighted by Gasteiger charge is -2.07. The predicted molar refractivity (Wildman–Crippen MR) is 87.1 cm³/mol. The molecule has 22 heavy (non-hydrogen) atoms. The van der Waals surface area contributed by atoms with Gasteiger partial charge in [0.15, 0.2) is 5.75 Å². The summed E-state index contributed by atoms with van der Waals surface area (Å²) in [7, 11) is 0. The van der Waals surface area contributed by atoms with Gasteiger partial charge in [-0.25, -0.2) is 0 Å². The van der Waals surface area contributed by atoms with Gasteiger partial charge in [0.05, 0.1) is 15.1 Å². The van der Waals surface area contributed by atoms with Crippen molar-refractivity contribution in [1.82, 2.24) is 0 Å². The molecule has 0 spiro atoms. The average Bonchev–Trinajstić information content (AvgIpc) is 2.52. The van der Waals surface area contributed by atoms with Crippen molar-refractivity contribution < 1.29 is 9.66 Å². The van der Waals surface area contributed by atoms with E-state index in [-0.39, 0.29) is 5.69 Å². The molecule has 0 aliphatic carbocycles. The first-order chi connectivity index (χ1) is 10.6. The molecular weight excluding hydrogens is 350 g/mol. The highest BCUT2D eigenvalue weighted by Crippen LogP contribution is 2.36. The number of nitro benzene ring substituents is 1. The summed E-state index contributed by atoms with van der Waals surface area (Å²) in [6.07, 6.45) is 1.64. The van der Waals surface area contributed by atoms with E-state index in [1.165, 1.54) is 24.3 Å². The van der Waals surface area contributed by atoms with Gasteiger partial charge in [-0.15, -0.1) is 5.11 Å². The Hall–Kier alpha value is -2.54. The maximum Gasteiger partial charge on any atom is 0.269 e. The highest BCUT2D eigenvalue weighted by Gasteiger charge is 2.07. The van der Waals surface area contributed by atoms with Crippen LogP contribution in [0, 0.1) is 10.1 Å². The molecule has 0 heterocycles. The minimum Gasteiger partial charge on any atom is -0.486 e. The maximum absolute atomic E-state index is 10.6. The van der Waals surface area contributed by atoms with Crippen LogP contribution in [0.5, 0.6) is 5.75 Å². The second kappa shape index (κ2) is 7.46. The van der Waals surface area contributed by atoms with Crippen LogP contribution in [0.1, 0.15) is 0 Å². The summed E-state index contributed by atoms with van der Waals surface area (Å²) in [5, 5.41) is 18.8. The maximum atomic E-state index is 10.6. The van der Waals surface area contributed by atoms with Crippen LogP contribution in [0.2, 0.25) is 0 Å². The molecule has 112 valence electrons. The first-order valence-corrected chi connectivity index (χ1v) is 7.09. The molecule has 0 aromatic heterocycles. The summed E-state index contributed by atoms with van der Waals surface area (Å²) in [6.45, 7) is 3.95. The second-order valence-electron chi connectivity index (χ2n) is 4.16. The summed E-state index contributed by atoms with van der Waals surface area (Å²) in [5.41, 5.74) is 1.08. The minimum absolute atomic E-state index is 0.0106. The lowest BCUT2D eigenvalue weighted by molar-refractivity contribution is -0.384. The molecule has 0 atom stereocenters. The molecule has 0 radical (unpaired) electrons. The van der Waals surface area contributed by atoms with Crippen LogP contribution in [0.15, 0.2) is 69.8 Å². The van der Waals surface area contributed by atoms with E-state index in [4.69, 9.17) is 4.74 Å². The fourth-order valence-electron chi connectivity index (χ4n) is 1.61. The largest absolute Gasteiger partial charge is 0.486 e. The molecule has 0 amide bonds. The van der Waals surface area contributed by atoms with E-state index in [2.05, 4.69) is 32.7 Å². The van der Waals surface area contributed by atoms with E-state index in [0.717, 1.165) is 4.47 Å². The number of para-hydroxylation sites is 1. The van der Waals surface area contributed by atoms with Crippen molar-refractivity contribution in [2.75, 3.05) is 6.61 Å². The predicted octanol–water partition coefficient (Wildman–Crippen LogP) is 5.34. The Kier molecular flexibility index (Phi) is 5.37. The quantitative estimate of drug-likeness (QED) is 0.301. The van der Waals surface area contributed by atoms with Gasteiger partial charge in [-0.3, -0.25) is 10.1 Å². The molecule has 0 fully saturated rings. The molecule has 0 N–H and O–H groups in total. The molecule has 0 saturated heterocycles. The monoisotopic (exact) mass is 361 g/mol. The number of benzene rings is 2. The zero-order valence-electron chi connectivity index (χ0n) is 11.5. The van der Waals surface area contributed by atoms with E-state index < -0.39 is 4.92 Å². The van der Waals surface area contributed by atoms with Gasteiger partial charge in [-0.2, -0.15) is 5.11 Å². The molecule has 0 unspecified atom stereocenters. The number of halogens is 1. The summed E-state index contributed by atoms with van der Waals surface area (Å²) in [6, 6.07) is 11.2. The Morgan fingerprint density at radius 1 is 1.23 bits per heavy atom. The second-order valence-corrected chi connectivity index (χ2v) is 5.02. The first-order valence-electron chi connectivity index (χ1n) is 6.30. The highest BCUT2D eigenvalue weighted by molar-refractivity contribution is 9.10. The van der Waals surface area contributed by atoms with Crippen molar-refractivity contribution in [1.29, 1.82) is 0 Å². The third-order valence-corrected chi connectivity index (χ3v) is 3.25. The van der Waals surface area contributed by atoms with Crippen LogP contribution in [-0.2, 0) is 0 Å². The fourth-order valence-corrected chi connectivity index (χ4v) is 2.08. The van der Waals surface area contributed by atoms with Crippen molar-refractivity contribution in [3.8, 4) is 5.75 Å². The van der Waals surface area contributed by atoms with Gasteiger partial charge < -0.3 is 4.74 Å². The molecule has 2 aromatic carbocycles. The summed E-state index contributed by atoms with van der Waals surface area (Å²) in [4.78, 5) is 10.1. The molecule has 0 aliphatic heterocycles. The van der Waals surface area contributed by atoms with Crippen LogP contribution in [0.25, 0.3) is 0 Å². The van der Waals surface area contributed by atoms with Gasteiger partial charge >= 0.3 is 0 Å². The zero-order valence-corrected chi connectivity index (χ0v) is 13.1. The fraction of sp³-hybridized carbons (Fsp3) is 0.0667. The van der Waals surface area contributed by atoms with Gasteiger partial charge in [0.25, 0.3) is 5.69 Å². The van der Waals surface area contributed by atoms with Crippen LogP contribution in [0.3, 0.4) is 0 Å². The topological polar surface area (TPSA) is 77.1 Å². The Morgan fingerprint density at radius 2 is 1.95 bits per heavy atom.